The van der Waals surface area contributed by atoms with Crippen molar-refractivity contribution in [2.45, 2.75) is 19.4 Å². The zero-order valence-electron chi connectivity index (χ0n) is 12.4. The third-order valence-corrected chi connectivity index (χ3v) is 4.69. The summed E-state index contributed by atoms with van der Waals surface area (Å²) in [5, 5.41) is 5.17. The van der Waals surface area contributed by atoms with Gasteiger partial charge in [-0.2, -0.15) is 0 Å². The molecule has 1 fully saturated rings. The number of nitrogens with zero attached hydrogens (tertiary/aromatic N) is 2. The summed E-state index contributed by atoms with van der Waals surface area (Å²) in [6.45, 7) is 2.01. The van der Waals surface area contributed by atoms with Gasteiger partial charge in [0.05, 0.1) is 12.0 Å². The molecule has 1 saturated heterocycles. The van der Waals surface area contributed by atoms with Crippen LogP contribution in [-0.2, 0) is 9.59 Å². The molecule has 0 spiro atoms. The number of benzene rings is 1. The molecule has 2 heterocycles. The Labute approximate surface area is 133 Å². The third-order valence-electron chi connectivity index (χ3n) is 4.00. The molecule has 5 nitrogen and oxygen atoms in total. The number of rotatable bonds is 3. The highest BCUT2D eigenvalue weighted by molar-refractivity contribution is 7.13. The maximum absolute atomic E-state index is 12.5. The number of carbonyl (C=O) groups is 2. The predicted molar refractivity (Wildman–Crippen MR) is 85.5 cm³/mol. The molecule has 2 aromatic rings. The maximum atomic E-state index is 12.5. The zero-order chi connectivity index (χ0) is 15.7. The van der Waals surface area contributed by atoms with Crippen LogP contribution in [-0.4, -0.2) is 28.7 Å². The van der Waals surface area contributed by atoms with Crippen LogP contribution in [0.4, 0.5) is 5.13 Å². The average Bonchev–Trinajstić information content (AvgIpc) is 3.10. The number of thiazole rings is 1. The molecule has 2 atom stereocenters. The Morgan fingerprint density at radius 1 is 1.36 bits per heavy atom. The number of likely N-dealkylation sites (tertiary alicyclic amines) is 1. The number of anilines is 1. The van der Waals surface area contributed by atoms with E-state index in [1.807, 2.05) is 31.2 Å². The number of hydrogen-bond donors (Lipinski definition) is 1. The van der Waals surface area contributed by atoms with E-state index >= 15 is 0 Å². The van der Waals surface area contributed by atoms with Gasteiger partial charge in [-0.25, -0.2) is 4.98 Å². The van der Waals surface area contributed by atoms with Gasteiger partial charge < -0.3 is 10.2 Å². The van der Waals surface area contributed by atoms with Crippen LogP contribution >= 0.6 is 11.3 Å². The van der Waals surface area contributed by atoms with Gasteiger partial charge in [0.25, 0.3) is 0 Å². The van der Waals surface area contributed by atoms with E-state index in [9.17, 15) is 9.59 Å². The van der Waals surface area contributed by atoms with Crippen molar-refractivity contribution in [1.29, 1.82) is 0 Å². The normalized spacial score (nSPS) is 21.2. The molecule has 1 N–H and O–H groups in total. The number of nitrogens with one attached hydrogen (secondary N) is 1. The molecule has 0 saturated carbocycles. The first-order chi connectivity index (χ1) is 10.6. The van der Waals surface area contributed by atoms with E-state index in [2.05, 4.69) is 10.3 Å². The molecular formula is C16H17N3O2S. The second kappa shape index (κ2) is 5.88. The summed E-state index contributed by atoms with van der Waals surface area (Å²) >= 11 is 1.37. The van der Waals surface area contributed by atoms with Crippen molar-refractivity contribution in [3.05, 3.63) is 47.0 Å². The fourth-order valence-electron chi connectivity index (χ4n) is 2.81. The Balaban J connectivity index is 1.86. The Bertz CT molecular complexity index is 682. The van der Waals surface area contributed by atoms with Crippen LogP contribution in [0.5, 0.6) is 0 Å². The first-order valence-corrected chi connectivity index (χ1v) is 7.97. The molecule has 0 aliphatic carbocycles. The van der Waals surface area contributed by atoms with Gasteiger partial charge in [-0.15, -0.1) is 11.3 Å². The second-order valence-corrected chi connectivity index (χ2v) is 6.39. The quantitative estimate of drug-likeness (QED) is 0.947. The van der Waals surface area contributed by atoms with Gasteiger partial charge in [0.15, 0.2) is 5.13 Å². The van der Waals surface area contributed by atoms with E-state index in [4.69, 9.17) is 0 Å². The van der Waals surface area contributed by atoms with Crippen molar-refractivity contribution in [3.8, 4) is 0 Å². The topological polar surface area (TPSA) is 62.3 Å². The Morgan fingerprint density at radius 3 is 2.73 bits per heavy atom. The molecule has 0 unspecified atom stereocenters. The van der Waals surface area contributed by atoms with Crippen LogP contribution in [0.25, 0.3) is 0 Å². The smallest absolute Gasteiger partial charge is 0.232 e. The summed E-state index contributed by atoms with van der Waals surface area (Å²) in [4.78, 5) is 30.3. The molecule has 6 heteroatoms. The minimum atomic E-state index is -0.399. The van der Waals surface area contributed by atoms with Crippen LogP contribution in [0.2, 0.25) is 0 Å². The summed E-state index contributed by atoms with van der Waals surface area (Å²) in [5.41, 5.74) is 2.14. The van der Waals surface area contributed by atoms with Gasteiger partial charge in [-0.05, 0) is 12.5 Å². The van der Waals surface area contributed by atoms with Gasteiger partial charge in [-0.3, -0.25) is 9.59 Å². The van der Waals surface area contributed by atoms with Crippen molar-refractivity contribution >= 4 is 28.3 Å². The summed E-state index contributed by atoms with van der Waals surface area (Å²) in [6, 6.07) is 7.74. The van der Waals surface area contributed by atoms with Crippen LogP contribution < -0.4 is 5.32 Å². The lowest BCUT2D eigenvalue weighted by Gasteiger charge is -2.24. The number of aryl methyl sites for hydroxylation is 1. The monoisotopic (exact) mass is 315 g/mol. The van der Waals surface area contributed by atoms with E-state index in [1.165, 1.54) is 11.3 Å². The number of amides is 2. The van der Waals surface area contributed by atoms with Crippen molar-refractivity contribution < 1.29 is 9.59 Å². The van der Waals surface area contributed by atoms with E-state index in [1.54, 1.807) is 23.5 Å². The zero-order valence-corrected chi connectivity index (χ0v) is 13.3. The molecule has 0 bridgehead atoms. The molecule has 1 aromatic heterocycles. The van der Waals surface area contributed by atoms with Crippen LogP contribution in [0.3, 0.4) is 0 Å². The predicted octanol–water partition coefficient (Wildman–Crippen LogP) is 2.61. The van der Waals surface area contributed by atoms with Crippen molar-refractivity contribution in [1.82, 2.24) is 9.88 Å². The third kappa shape index (κ3) is 2.74. The lowest BCUT2D eigenvalue weighted by Crippen LogP contribution is -2.30. The fourth-order valence-corrected chi connectivity index (χ4v) is 3.34. The molecule has 1 aromatic carbocycles. The van der Waals surface area contributed by atoms with E-state index in [0.29, 0.717) is 5.13 Å². The van der Waals surface area contributed by atoms with E-state index < -0.39 is 5.92 Å². The summed E-state index contributed by atoms with van der Waals surface area (Å²) in [7, 11) is 1.75. The van der Waals surface area contributed by atoms with E-state index in [-0.39, 0.29) is 24.3 Å². The molecule has 0 radical (unpaired) electrons. The standard InChI is InChI=1S/C16H17N3O2S/c1-10-3-5-11(6-4-10)14-12(9-13(20)19(14)2)15(21)18-16-17-7-8-22-16/h3-8,12,14H,9H2,1-2H3,(H,17,18,21)/t12-,14+/m1/s1. The molecular weight excluding hydrogens is 298 g/mol. The van der Waals surface area contributed by atoms with Crippen molar-refractivity contribution in [2.75, 3.05) is 12.4 Å². The van der Waals surface area contributed by atoms with Crippen molar-refractivity contribution in [2.24, 2.45) is 5.92 Å². The molecule has 3 rings (SSSR count). The average molecular weight is 315 g/mol. The Kier molecular flexibility index (Phi) is 3.94. The maximum Gasteiger partial charge on any atom is 0.232 e. The largest absolute Gasteiger partial charge is 0.338 e. The number of carbonyl (C=O) groups excluding carboxylic acids is 2. The van der Waals surface area contributed by atoms with Crippen molar-refractivity contribution in [3.63, 3.8) is 0 Å². The minimum absolute atomic E-state index is 0.00939. The number of aromatic nitrogens is 1. The second-order valence-electron chi connectivity index (χ2n) is 5.50. The van der Waals surface area contributed by atoms with Gasteiger partial charge >= 0.3 is 0 Å². The lowest BCUT2D eigenvalue weighted by molar-refractivity contribution is -0.127. The molecule has 1 aliphatic heterocycles. The Morgan fingerprint density at radius 2 is 2.09 bits per heavy atom. The highest BCUT2D eigenvalue weighted by Crippen LogP contribution is 2.37. The Hall–Kier alpha value is -2.21. The van der Waals surface area contributed by atoms with Crippen LogP contribution in [0.15, 0.2) is 35.8 Å². The minimum Gasteiger partial charge on any atom is -0.338 e. The lowest BCUT2D eigenvalue weighted by atomic mass is 9.92. The summed E-state index contributed by atoms with van der Waals surface area (Å²) in [6.07, 6.45) is 1.87. The van der Waals surface area contributed by atoms with Crippen LogP contribution in [0, 0.1) is 12.8 Å². The molecule has 2 amide bonds. The first kappa shape index (κ1) is 14.7. The number of hydrogen-bond acceptors (Lipinski definition) is 4. The van der Waals surface area contributed by atoms with E-state index in [0.717, 1.165) is 11.1 Å². The van der Waals surface area contributed by atoms with Gasteiger partial charge in [0.2, 0.25) is 11.8 Å². The molecule has 114 valence electrons. The van der Waals surface area contributed by atoms with Gasteiger partial charge in [-0.1, -0.05) is 29.8 Å². The molecule has 1 aliphatic rings. The summed E-state index contributed by atoms with van der Waals surface area (Å²) < 4.78 is 0. The van der Waals surface area contributed by atoms with Gasteiger partial charge in [0.1, 0.15) is 0 Å². The first-order valence-electron chi connectivity index (χ1n) is 7.09. The SMILES string of the molecule is Cc1ccc([C@H]2[C@H](C(=O)Nc3nccs3)CC(=O)N2C)cc1. The van der Waals surface area contributed by atoms with Gasteiger partial charge in [0, 0.05) is 25.0 Å². The molecule has 22 heavy (non-hydrogen) atoms. The summed E-state index contributed by atoms with van der Waals surface area (Å²) in [5.74, 6) is -0.563. The van der Waals surface area contributed by atoms with Crippen LogP contribution in [0.1, 0.15) is 23.6 Å². The highest BCUT2D eigenvalue weighted by Gasteiger charge is 2.42. The highest BCUT2D eigenvalue weighted by atomic mass is 32.1. The fraction of sp³-hybridized carbons (Fsp3) is 0.312.